The van der Waals surface area contributed by atoms with E-state index in [9.17, 15) is 13.2 Å². The maximum Gasteiger partial charge on any atom is 0.231 e. The number of hydrogen-bond acceptors (Lipinski definition) is 5. The molecule has 0 saturated carbocycles. The van der Waals surface area contributed by atoms with Crippen molar-refractivity contribution in [1.29, 1.82) is 0 Å². The molecule has 2 saturated heterocycles. The van der Waals surface area contributed by atoms with Crippen molar-refractivity contribution in [2.24, 2.45) is 5.92 Å². The van der Waals surface area contributed by atoms with Gasteiger partial charge in [0.25, 0.3) is 0 Å². The van der Waals surface area contributed by atoms with E-state index in [0.717, 1.165) is 31.5 Å². The predicted molar refractivity (Wildman–Crippen MR) is 109 cm³/mol. The second-order valence-electron chi connectivity index (χ2n) is 8.19. The fourth-order valence-corrected chi connectivity index (χ4v) is 5.22. The fraction of sp³-hybridized carbons (Fsp3) is 0.650. The summed E-state index contributed by atoms with van der Waals surface area (Å²) in [5.74, 6) is -0.281. The van der Waals surface area contributed by atoms with Gasteiger partial charge in [-0.3, -0.25) is 4.79 Å². The lowest BCUT2D eigenvalue weighted by Gasteiger charge is -2.40. The van der Waals surface area contributed by atoms with Crippen LogP contribution >= 0.6 is 0 Å². The van der Waals surface area contributed by atoms with Crippen LogP contribution in [0.15, 0.2) is 30.3 Å². The Morgan fingerprint density at radius 1 is 1.21 bits per heavy atom. The molecule has 0 spiro atoms. The molecule has 7 nitrogen and oxygen atoms in total. The van der Waals surface area contributed by atoms with Crippen LogP contribution in [0.4, 0.5) is 0 Å². The zero-order chi connectivity index (χ0) is 20.4. The summed E-state index contributed by atoms with van der Waals surface area (Å²) in [6.07, 6.45) is 1.49. The predicted octanol–water partition coefficient (Wildman–Crippen LogP) is 0.673. The average Bonchev–Trinajstić information content (AvgIpc) is 3.09. The number of likely N-dealkylation sites (tertiary alicyclic amines) is 1. The van der Waals surface area contributed by atoms with Gasteiger partial charge in [0.2, 0.25) is 15.9 Å². The number of nitrogens with zero attached hydrogens (tertiary/aromatic N) is 2. The molecular formula is C20H31N3O4S. The molecule has 0 radical (unpaired) electrons. The molecular weight excluding hydrogens is 378 g/mol. The van der Waals surface area contributed by atoms with E-state index >= 15 is 0 Å². The number of ether oxygens (including phenoxy) is 1. The lowest BCUT2D eigenvalue weighted by Crippen LogP contribution is -2.55. The van der Waals surface area contributed by atoms with Gasteiger partial charge in [-0.2, -0.15) is 0 Å². The molecule has 2 aliphatic heterocycles. The Balaban J connectivity index is 1.78. The first-order chi connectivity index (χ1) is 13.2. The first-order valence-electron chi connectivity index (χ1n) is 9.77. The molecule has 0 unspecified atom stereocenters. The summed E-state index contributed by atoms with van der Waals surface area (Å²) in [7, 11) is 1.77. The van der Waals surface area contributed by atoms with Crippen LogP contribution in [0.2, 0.25) is 0 Å². The second kappa shape index (κ2) is 8.49. The van der Waals surface area contributed by atoms with E-state index in [0.29, 0.717) is 13.2 Å². The molecule has 2 heterocycles. The Bertz CT molecular complexity index is 774. The number of sulfonamides is 1. The van der Waals surface area contributed by atoms with E-state index in [4.69, 9.17) is 4.74 Å². The molecule has 0 aromatic heterocycles. The number of benzene rings is 1. The van der Waals surface area contributed by atoms with Gasteiger partial charge >= 0.3 is 0 Å². The highest BCUT2D eigenvalue weighted by atomic mass is 32.2. The van der Waals surface area contributed by atoms with Gasteiger partial charge in [-0.05, 0) is 38.5 Å². The molecule has 0 aliphatic carbocycles. The van der Waals surface area contributed by atoms with Gasteiger partial charge in [0.15, 0.2) is 0 Å². The van der Waals surface area contributed by atoms with Crippen LogP contribution in [0.25, 0.3) is 0 Å². The number of carbonyl (C=O) groups excluding carboxylic acids is 1. The topological polar surface area (TPSA) is 79.0 Å². The van der Waals surface area contributed by atoms with Gasteiger partial charge in [0.1, 0.15) is 0 Å². The normalized spacial score (nSPS) is 25.7. The van der Waals surface area contributed by atoms with Gasteiger partial charge < -0.3 is 15.0 Å². The van der Waals surface area contributed by atoms with E-state index in [2.05, 4.69) is 17.3 Å². The average molecular weight is 410 g/mol. The minimum atomic E-state index is -3.35. The Hall–Kier alpha value is -1.48. The highest BCUT2D eigenvalue weighted by Crippen LogP contribution is 2.36. The number of piperidine rings is 1. The summed E-state index contributed by atoms with van der Waals surface area (Å²) in [4.78, 5) is 15.7. The standard InChI is InChI=1S/C20H31N3O4S/c1-22(2)28(25,26)15-16-13-27-14-18(16)21-19(24)20(9-11-23(3)12-10-20)17-7-5-4-6-8-17/h4-8,16,18H,9-15H2,1-3H3,(H,21,24)/t16-,18-/m0/s1. The molecule has 2 aliphatic rings. The molecule has 1 amide bonds. The summed E-state index contributed by atoms with van der Waals surface area (Å²) in [6.45, 7) is 2.40. The monoisotopic (exact) mass is 409 g/mol. The van der Waals surface area contributed by atoms with Gasteiger partial charge in [0.05, 0.1) is 30.4 Å². The number of amides is 1. The fourth-order valence-electron chi connectivity index (χ4n) is 4.05. The molecule has 1 aromatic carbocycles. The minimum Gasteiger partial charge on any atom is -0.379 e. The molecule has 2 fully saturated rings. The number of rotatable bonds is 6. The number of carbonyl (C=O) groups is 1. The lowest BCUT2D eigenvalue weighted by molar-refractivity contribution is -0.129. The molecule has 28 heavy (non-hydrogen) atoms. The van der Waals surface area contributed by atoms with Gasteiger partial charge in [0, 0.05) is 20.0 Å². The first kappa shape index (κ1) is 21.2. The van der Waals surface area contributed by atoms with Crippen molar-refractivity contribution in [2.45, 2.75) is 24.3 Å². The molecule has 156 valence electrons. The minimum absolute atomic E-state index is 0.0189. The van der Waals surface area contributed by atoms with Crippen LogP contribution in [0, 0.1) is 5.92 Å². The zero-order valence-electron chi connectivity index (χ0n) is 16.9. The second-order valence-corrected chi connectivity index (χ2v) is 10.4. The summed E-state index contributed by atoms with van der Waals surface area (Å²) < 4.78 is 31.3. The van der Waals surface area contributed by atoms with Crippen molar-refractivity contribution >= 4 is 15.9 Å². The van der Waals surface area contributed by atoms with E-state index in [1.165, 1.54) is 18.4 Å². The van der Waals surface area contributed by atoms with Crippen LogP contribution in [0.1, 0.15) is 18.4 Å². The van der Waals surface area contributed by atoms with Crippen LogP contribution < -0.4 is 5.32 Å². The smallest absolute Gasteiger partial charge is 0.231 e. The maximum atomic E-state index is 13.5. The van der Waals surface area contributed by atoms with E-state index in [1.807, 2.05) is 30.3 Å². The lowest BCUT2D eigenvalue weighted by atomic mass is 9.72. The summed E-state index contributed by atoms with van der Waals surface area (Å²) >= 11 is 0. The van der Waals surface area contributed by atoms with Crippen LogP contribution in [-0.4, -0.2) is 82.8 Å². The van der Waals surface area contributed by atoms with Crippen molar-refractivity contribution in [1.82, 2.24) is 14.5 Å². The molecule has 3 rings (SSSR count). The molecule has 1 N–H and O–H groups in total. The molecule has 0 bridgehead atoms. The third kappa shape index (κ3) is 4.40. The Morgan fingerprint density at radius 3 is 2.46 bits per heavy atom. The van der Waals surface area contributed by atoms with Crippen molar-refractivity contribution in [3.05, 3.63) is 35.9 Å². The van der Waals surface area contributed by atoms with Gasteiger partial charge in [-0.25, -0.2) is 12.7 Å². The van der Waals surface area contributed by atoms with Crippen molar-refractivity contribution < 1.29 is 17.9 Å². The van der Waals surface area contributed by atoms with Crippen LogP contribution in [0.5, 0.6) is 0 Å². The zero-order valence-corrected chi connectivity index (χ0v) is 17.7. The van der Waals surface area contributed by atoms with Crippen molar-refractivity contribution in [3.8, 4) is 0 Å². The number of hydrogen-bond donors (Lipinski definition) is 1. The van der Waals surface area contributed by atoms with Gasteiger partial charge in [-0.1, -0.05) is 30.3 Å². The summed E-state index contributed by atoms with van der Waals surface area (Å²) in [6, 6.07) is 9.63. The Morgan fingerprint density at radius 2 is 1.86 bits per heavy atom. The Kier molecular flexibility index (Phi) is 6.44. The van der Waals surface area contributed by atoms with Crippen molar-refractivity contribution in [3.63, 3.8) is 0 Å². The largest absolute Gasteiger partial charge is 0.379 e. The highest BCUT2D eigenvalue weighted by molar-refractivity contribution is 7.89. The van der Waals surface area contributed by atoms with Crippen LogP contribution in [-0.2, 0) is 25.0 Å². The molecule has 1 aromatic rings. The van der Waals surface area contributed by atoms with E-state index in [1.54, 1.807) is 0 Å². The molecule has 8 heteroatoms. The van der Waals surface area contributed by atoms with E-state index < -0.39 is 15.4 Å². The summed E-state index contributed by atoms with van der Waals surface area (Å²) in [5, 5.41) is 3.15. The molecule has 2 atom stereocenters. The number of nitrogens with one attached hydrogen (secondary N) is 1. The maximum absolute atomic E-state index is 13.5. The van der Waals surface area contributed by atoms with E-state index in [-0.39, 0.29) is 23.6 Å². The highest BCUT2D eigenvalue weighted by Gasteiger charge is 2.44. The quantitative estimate of drug-likeness (QED) is 0.747. The SMILES string of the molecule is CN1CCC(C(=O)N[C@H]2COC[C@H]2CS(=O)(=O)N(C)C)(c2ccccc2)CC1. The Labute approximate surface area is 168 Å². The third-order valence-corrected chi connectivity index (χ3v) is 8.06. The third-order valence-electron chi connectivity index (χ3n) is 6.10. The summed E-state index contributed by atoms with van der Waals surface area (Å²) in [5.41, 5.74) is 0.443. The van der Waals surface area contributed by atoms with Crippen molar-refractivity contribution in [2.75, 3.05) is 53.2 Å². The van der Waals surface area contributed by atoms with Gasteiger partial charge in [-0.15, -0.1) is 0 Å². The van der Waals surface area contributed by atoms with Crippen LogP contribution in [0.3, 0.4) is 0 Å². The first-order valence-corrected chi connectivity index (χ1v) is 11.4.